The second kappa shape index (κ2) is 4.30. The molecule has 18 heavy (non-hydrogen) atoms. The molecule has 0 saturated carbocycles. The fourth-order valence-corrected chi connectivity index (χ4v) is 2.98. The summed E-state index contributed by atoms with van der Waals surface area (Å²) in [6, 6.07) is 4.33. The Morgan fingerprint density at radius 2 is 1.94 bits per heavy atom. The van der Waals surface area contributed by atoms with Crippen LogP contribution in [-0.4, -0.2) is 15.6 Å². The first-order chi connectivity index (χ1) is 8.38. The number of hydrogen-bond donors (Lipinski definition) is 1. The number of carbonyl (C=O) groups is 1. The second-order valence-electron chi connectivity index (χ2n) is 5.62. The standard InChI is InChI=1S/C15H21NO2/c1-10(2)15(14(17)18)8-7-13(9-15)16-11(3)5-6-12(16)4/h5-8,10,13H,9H2,1-4H3,(H,17,18)/t13-,15+/m0/s1. The summed E-state index contributed by atoms with van der Waals surface area (Å²) in [5.74, 6) is -0.605. The molecule has 1 aliphatic rings. The highest BCUT2D eigenvalue weighted by Crippen LogP contribution is 2.44. The van der Waals surface area contributed by atoms with Crippen molar-refractivity contribution in [3.8, 4) is 0 Å². The highest BCUT2D eigenvalue weighted by atomic mass is 16.4. The number of aliphatic carboxylic acids is 1. The summed E-state index contributed by atoms with van der Waals surface area (Å²) in [5, 5.41) is 9.53. The molecule has 3 nitrogen and oxygen atoms in total. The predicted octanol–water partition coefficient (Wildman–Crippen LogP) is 3.33. The Bertz CT molecular complexity index is 479. The van der Waals surface area contributed by atoms with Gasteiger partial charge in [-0.3, -0.25) is 4.79 Å². The van der Waals surface area contributed by atoms with Gasteiger partial charge >= 0.3 is 5.97 Å². The van der Waals surface area contributed by atoms with E-state index in [1.165, 1.54) is 11.4 Å². The molecule has 0 spiro atoms. The van der Waals surface area contributed by atoms with Gasteiger partial charge in [0.2, 0.25) is 0 Å². The number of carboxylic acids is 1. The van der Waals surface area contributed by atoms with Crippen LogP contribution in [0.1, 0.15) is 37.7 Å². The second-order valence-corrected chi connectivity index (χ2v) is 5.62. The van der Waals surface area contributed by atoms with Gasteiger partial charge in [-0.1, -0.05) is 26.0 Å². The number of aromatic nitrogens is 1. The minimum Gasteiger partial charge on any atom is -0.481 e. The largest absolute Gasteiger partial charge is 0.481 e. The van der Waals surface area contributed by atoms with Crippen LogP contribution >= 0.6 is 0 Å². The zero-order chi connectivity index (χ0) is 13.5. The van der Waals surface area contributed by atoms with Crippen molar-refractivity contribution in [1.29, 1.82) is 0 Å². The van der Waals surface area contributed by atoms with Crippen molar-refractivity contribution in [2.75, 3.05) is 0 Å². The molecular formula is C15H21NO2. The molecule has 0 radical (unpaired) electrons. The molecule has 0 aliphatic heterocycles. The quantitative estimate of drug-likeness (QED) is 0.832. The first-order valence-electron chi connectivity index (χ1n) is 6.45. The number of allylic oxidation sites excluding steroid dienone is 1. The SMILES string of the molecule is Cc1ccc(C)n1[C@H]1C=C[C@](C(=O)O)(C(C)C)C1. The molecule has 0 aromatic carbocycles. The van der Waals surface area contributed by atoms with E-state index in [9.17, 15) is 9.90 Å². The van der Waals surface area contributed by atoms with Gasteiger partial charge in [0, 0.05) is 11.4 Å². The summed E-state index contributed by atoms with van der Waals surface area (Å²) >= 11 is 0. The van der Waals surface area contributed by atoms with Gasteiger partial charge in [-0.2, -0.15) is 0 Å². The lowest BCUT2D eigenvalue weighted by molar-refractivity contribution is -0.148. The number of hydrogen-bond acceptors (Lipinski definition) is 1. The van der Waals surface area contributed by atoms with Crippen LogP contribution in [0, 0.1) is 25.2 Å². The average Bonchev–Trinajstić information content (AvgIpc) is 2.84. The van der Waals surface area contributed by atoms with Crippen molar-refractivity contribution in [2.45, 2.75) is 40.2 Å². The summed E-state index contributed by atoms with van der Waals surface area (Å²) in [4.78, 5) is 11.6. The summed E-state index contributed by atoms with van der Waals surface area (Å²) < 4.78 is 2.23. The van der Waals surface area contributed by atoms with E-state index in [-0.39, 0.29) is 12.0 Å². The minimum atomic E-state index is -0.714. The zero-order valence-corrected chi connectivity index (χ0v) is 11.5. The molecule has 0 saturated heterocycles. The van der Waals surface area contributed by atoms with E-state index < -0.39 is 11.4 Å². The van der Waals surface area contributed by atoms with Gasteiger partial charge in [-0.15, -0.1) is 0 Å². The Morgan fingerprint density at radius 1 is 1.39 bits per heavy atom. The van der Waals surface area contributed by atoms with Crippen LogP contribution in [0.15, 0.2) is 24.3 Å². The maximum Gasteiger partial charge on any atom is 0.313 e. The smallest absolute Gasteiger partial charge is 0.313 e. The van der Waals surface area contributed by atoms with Crippen LogP contribution in [0.2, 0.25) is 0 Å². The topological polar surface area (TPSA) is 42.2 Å². The van der Waals surface area contributed by atoms with Crippen LogP contribution in [-0.2, 0) is 4.79 Å². The Balaban J connectivity index is 2.34. The highest BCUT2D eigenvalue weighted by Gasteiger charge is 2.44. The summed E-state index contributed by atoms with van der Waals surface area (Å²) in [7, 11) is 0. The normalized spacial score (nSPS) is 27.1. The molecule has 0 fully saturated rings. The number of carboxylic acid groups (broad SMARTS) is 1. The Labute approximate surface area is 108 Å². The van der Waals surface area contributed by atoms with Crippen LogP contribution in [0.25, 0.3) is 0 Å². The molecule has 1 aromatic heterocycles. The van der Waals surface area contributed by atoms with Gasteiger partial charge in [-0.25, -0.2) is 0 Å². The monoisotopic (exact) mass is 247 g/mol. The van der Waals surface area contributed by atoms with E-state index in [1.807, 2.05) is 26.0 Å². The van der Waals surface area contributed by atoms with E-state index in [2.05, 4.69) is 30.5 Å². The first-order valence-corrected chi connectivity index (χ1v) is 6.45. The molecule has 98 valence electrons. The summed E-state index contributed by atoms with van der Waals surface area (Å²) in [5.41, 5.74) is 1.66. The van der Waals surface area contributed by atoms with Gasteiger partial charge in [0.05, 0.1) is 11.5 Å². The molecular weight excluding hydrogens is 226 g/mol. The molecule has 2 rings (SSSR count). The first kappa shape index (κ1) is 12.9. The third-order valence-electron chi connectivity index (χ3n) is 4.25. The zero-order valence-electron chi connectivity index (χ0n) is 11.5. The van der Waals surface area contributed by atoms with Crippen molar-refractivity contribution in [2.24, 2.45) is 11.3 Å². The predicted molar refractivity (Wildman–Crippen MR) is 71.6 cm³/mol. The van der Waals surface area contributed by atoms with E-state index in [0.29, 0.717) is 6.42 Å². The summed E-state index contributed by atoms with van der Waals surface area (Å²) in [6.07, 6.45) is 4.59. The van der Waals surface area contributed by atoms with Gasteiger partial charge in [-0.05, 0) is 38.3 Å². The molecule has 0 bridgehead atoms. The van der Waals surface area contributed by atoms with Gasteiger partial charge in [0.25, 0.3) is 0 Å². The fraction of sp³-hybridized carbons (Fsp3) is 0.533. The lowest BCUT2D eigenvalue weighted by Crippen LogP contribution is -2.33. The maximum atomic E-state index is 11.6. The van der Waals surface area contributed by atoms with E-state index >= 15 is 0 Å². The number of nitrogens with zero attached hydrogens (tertiary/aromatic N) is 1. The average molecular weight is 247 g/mol. The fourth-order valence-electron chi connectivity index (χ4n) is 2.98. The van der Waals surface area contributed by atoms with Gasteiger partial charge in [0.15, 0.2) is 0 Å². The molecule has 2 atom stereocenters. The molecule has 3 heteroatoms. The minimum absolute atomic E-state index is 0.104. The van der Waals surface area contributed by atoms with Gasteiger partial charge < -0.3 is 9.67 Å². The van der Waals surface area contributed by atoms with Crippen LogP contribution in [0.3, 0.4) is 0 Å². The molecule has 1 aromatic rings. The Kier molecular flexibility index (Phi) is 3.09. The third-order valence-corrected chi connectivity index (χ3v) is 4.25. The lowest BCUT2D eigenvalue weighted by Gasteiger charge is -2.29. The van der Waals surface area contributed by atoms with Crippen LogP contribution in [0.5, 0.6) is 0 Å². The lowest BCUT2D eigenvalue weighted by atomic mass is 9.76. The van der Waals surface area contributed by atoms with Crippen molar-refractivity contribution in [1.82, 2.24) is 4.57 Å². The van der Waals surface area contributed by atoms with Crippen molar-refractivity contribution in [3.63, 3.8) is 0 Å². The molecule has 0 unspecified atom stereocenters. The van der Waals surface area contributed by atoms with Crippen LogP contribution < -0.4 is 0 Å². The molecule has 0 amide bonds. The van der Waals surface area contributed by atoms with Crippen LogP contribution in [0.4, 0.5) is 0 Å². The van der Waals surface area contributed by atoms with Gasteiger partial charge in [0.1, 0.15) is 0 Å². The van der Waals surface area contributed by atoms with Crippen molar-refractivity contribution >= 4 is 5.97 Å². The van der Waals surface area contributed by atoms with E-state index in [4.69, 9.17) is 0 Å². The van der Waals surface area contributed by atoms with Crippen molar-refractivity contribution < 1.29 is 9.90 Å². The molecule has 1 aliphatic carbocycles. The van der Waals surface area contributed by atoms with E-state index in [0.717, 1.165) is 0 Å². The molecule has 1 heterocycles. The maximum absolute atomic E-state index is 11.6. The number of aryl methyl sites for hydroxylation is 2. The summed E-state index contributed by atoms with van der Waals surface area (Å²) in [6.45, 7) is 8.10. The number of rotatable bonds is 3. The van der Waals surface area contributed by atoms with Crippen molar-refractivity contribution in [3.05, 3.63) is 35.7 Å². The Hall–Kier alpha value is -1.51. The Morgan fingerprint density at radius 3 is 2.33 bits per heavy atom. The highest BCUT2D eigenvalue weighted by molar-refractivity contribution is 5.78. The molecule has 1 N–H and O–H groups in total. The third kappa shape index (κ3) is 1.78. The van der Waals surface area contributed by atoms with E-state index in [1.54, 1.807) is 0 Å².